The highest BCUT2D eigenvalue weighted by Crippen LogP contribution is 2.41. The Balaban J connectivity index is 1.40. The van der Waals surface area contributed by atoms with Gasteiger partial charge in [0, 0.05) is 60.8 Å². The maximum Gasteiger partial charge on any atom is 0.223 e. The zero-order valence-corrected chi connectivity index (χ0v) is 20.6. The monoisotopic (exact) mass is 493 g/mol. The van der Waals surface area contributed by atoms with Crippen LogP contribution in [-0.2, 0) is 16.9 Å². The summed E-state index contributed by atoms with van der Waals surface area (Å²) in [5.41, 5.74) is 1.58. The molecule has 5 rings (SSSR count). The predicted octanol–water partition coefficient (Wildman–Crippen LogP) is 3.88. The summed E-state index contributed by atoms with van der Waals surface area (Å²) in [7, 11) is 0. The summed E-state index contributed by atoms with van der Waals surface area (Å²) in [4.78, 5) is 28.8. The third kappa shape index (κ3) is 5.58. The molecule has 3 aromatic heterocycles. The Morgan fingerprint density at radius 1 is 0.865 bits per heavy atom. The third-order valence-electron chi connectivity index (χ3n) is 7.13. The van der Waals surface area contributed by atoms with Crippen LogP contribution in [-0.4, -0.2) is 44.0 Å². The first-order chi connectivity index (χ1) is 18.1. The molecule has 1 aliphatic heterocycles. The Morgan fingerprint density at radius 2 is 1.46 bits per heavy atom. The van der Waals surface area contributed by atoms with Gasteiger partial charge in [0.05, 0.1) is 6.04 Å². The minimum absolute atomic E-state index is 0.0545. The van der Waals surface area contributed by atoms with E-state index in [1.807, 2.05) is 54.7 Å². The quantitative estimate of drug-likeness (QED) is 0.387. The molecule has 0 bridgehead atoms. The Morgan fingerprint density at radius 3 is 2.00 bits per heavy atom. The summed E-state index contributed by atoms with van der Waals surface area (Å²) >= 11 is 0. The lowest BCUT2D eigenvalue weighted by molar-refractivity contribution is -0.129. The van der Waals surface area contributed by atoms with E-state index < -0.39 is 11.6 Å². The maximum absolute atomic E-state index is 13.7. The first-order valence-electron chi connectivity index (χ1n) is 12.6. The van der Waals surface area contributed by atoms with E-state index in [-0.39, 0.29) is 11.8 Å². The molecular formula is C30H31N5O2. The van der Waals surface area contributed by atoms with Gasteiger partial charge in [-0.15, -0.1) is 0 Å². The molecule has 1 saturated heterocycles. The van der Waals surface area contributed by atoms with Gasteiger partial charge in [0.15, 0.2) is 0 Å². The lowest BCUT2D eigenvalue weighted by Gasteiger charge is -2.39. The zero-order chi connectivity index (χ0) is 25.5. The van der Waals surface area contributed by atoms with Crippen LogP contribution in [0.2, 0.25) is 0 Å². The van der Waals surface area contributed by atoms with Crippen LogP contribution in [0.1, 0.15) is 41.1 Å². The fourth-order valence-electron chi connectivity index (χ4n) is 5.11. The second kappa shape index (κ2) is 11.4. The van der Waals surface area contributed by atoms with Crippen LogP contribution in [0.5, 0.6) is 0 Å². The van der Waals surface area contributed by atoms with E-state index >= 15 is 0 Å². The molecular weight excluding hydrogens is 462 g/mol. The summed E-state index contributed by atoms with van der Waals surface area (Å²) in [6.07, 6.45) is 11.8. The van der Waals surface area contributed by atoms with Crippen molar-refractivity contribution in [2.45, 2.75) is 31.0 Å². The number of benzene rings is 1. The molecule has 0 saturated carbocycles. The number of nitrogens with one attached hydrogen (secondary N) is 1. The van der Waals surface area contributed by atoms with Crippen LogP contribution in [0, 0.1) is 5.92 Å². The number of aromatic nitrogens is 3. The van der Waals surface area contributed by atoms with Crippen molar-refractivity contribution in [2.75, 3.05) is 13.1 Å². The van der Waals surface area contributed by atoms with E-state index in [9.17, 15) is 9.90 Å². The SMILES string of the molecule is O=C(N[C@H](c1ccccc1)C(O)(c1cccnc1)c1cccnc1)C1CCN(Cc2cccnc2)CC1. The Bertz CT molecular complexity index is 1230. The number of aliphatic hydroxyl groups is 1. The molecule has 7 heteroatoms. The largest absolute Gasteiger partial charge is 0.378 e. The number of hydrogen-bond donors (Lipinski definition) is 2. The summed E-state index contributed by atoms with van der Waals surface area (Å²) in [5.74, 6) is -0.190. The second-order valence-corrected chi connectivity index (χ2v) is 9.51. The fourth-order valence-corrected chi connectivity index (χ4v) is 5.11. The average Bonchev–Trinajstić information content (AvgIpc) is 2.98. The van der Waals surface area contributed by atoms with Gasteiger partial charge in [0.25, 0.3) is 0 Å². The lowest BCUT2D eigenvalue weighted by atomic mass is 9.78. The van der Waals surface area contributed by atoms with Gasteiger partial charge in [-0.05, 0) is 55.3 Å². The van der Waals surface area contributed by atoms with E-state index in [1.54, 1.807) is 43.1 Å². The summed E-state index contributed by atoms with van der Waals surface area (Å²) < 4.78 is 0. The van der Waals surface area contributed by atoms with Crippen molar-refractivity contribution in [3.05, 3.63) is 126 Å². The Kier molecular flexibility index (Phi) is 7.63. The number of carbonyl (C=O) groups excluding carboxylic acids is 1. The molecule has 2 N–H and O–H groups in total. The molecule has 1 amide bonds. The van der Waals surface area contributed by atoms with Crippen LogP contribution in [0.15, 0.2) is 104 Å². The van der Waals surface area contributed by atoms with Crippen LogP contribution in [0.3, 0.4) is 0 Å². The third-order valence-corrected chi connectivity index (χ3v) is 7.13. The Labute approximate surface area is 217 Å². The van der Waals surface area contributed by atoms with Gasteiger partial charge in [-0.2, -0.15) is 0 Å². The molecule has 4 heterocycles. The van der Waals surface area contributed by atoms with Crippen molar-refractivity contribution in [1.29, 1.82) is 0 Å². The minimum atomic E-state index is -1.57. The van der Waals surface area contributed by atoms with Crippen LogP contribution < -0.4 is 5.32 Å². The van der Waals surface area contributed by atoms with Crippen molar-refractivity contribution < 1.29 is 9.90 Å². The van der Waals surface area contributed by atoms with E-state index in [1.165, 1.54) is 5.56 Å². The summed E-state index contributed by atoms with van der Waals surface area (Å²) in [6, 6.07) is 20.2. The van der Waals surface area contributed by atoms with Gasteiger partial charge < -0.3 is 10.4 Å². The highest BCUT2D eigenvalue weighted by atomic mass is 16.3. The standard InChI is InChI=1S/C30H31N5O2/c36-29(25-12-17-35(18-13-25)22-23-7-4-14-31-19-23)34-28(24-8-2-1-3-9-24)30(37,26-10-5-15-32-20-26)27-11-6-16-33-21-27/h1-11,14-16,19-21,25,28,37H,12-13,17-18,22H2,(H,34,36)/t28-/m1/s1. The lowest BCUT2D eigenvalue weighted by Crippen LogP contribution is -2.48. The first-order valence-corrected chi connectivity index (χ1v) is 12.6. The summed E-state index contributed by atoms with van der Waals surface area (Å²) in [6.45, 7) is 2.49. The first kappa shape index (κ1) is 24.7. The molecule has 1 atom stereocenters. The molecule has 1 aliphatic rings. The molecule has 188 valence electrons. The number of piperidine rings is 1. The molecule has 0 radical (unpaired) electrons. The van der Waals surface area contributed by atoms with Crippen molar-refractivity contribution in [2.24, 2.45) is 5.92 Å². The second-order valence-electron chi connectivity index (χ2n) is 9.51. The van der Waals surface area contributed by atoms with Gasteiger partial charge in [0.1, 0.15) is 5.60 Å². The number of amides is 1. The normalized spacial score (nSPS) is 15.7. The van der Waals surface area contributed by atoms with Crippen molar-refractivity contribution in [1.82, 2.24) is 25.2 Å². The summed E-state index contributed by atoms with van der Waals surface area (Å²) in [5, 5.41) is 15.6. The van der Waals surface area contributed by atoms with Gasteiger partial charge in [0.2, 0.25) is 5.91 Å². The number of nitrogens with zero attached hydrogens (tertiary/aromatic N) is 4. The number of rotatable bonds is 8. The van der Waals surface area contributed by atoms with E-state index in [0.717, 1.165) is 38.0 Å². The fraction of sp³-hybridized carbons (Fsp3) is 0.267. The molecule has 4 aromatic rings. The van der Waals surface area contributed by atoms with Crippen molar-refractivity contribution in [3.63, 3.8) is 0 Å². The molecule has 1 fully saturated rings. The maximum atomic E-state index is 13.7. The van der Waals surface area contributed by atoms with Crippen molar-refractivity contribution in [3.8, 4) is 0 Å². The predicted molar refractivity (Wildman–Crippen MR) is 141 cm³/mol. The van der Waals surface area contributed by atoms with E-state index in [4.69, 9.17) is 0 Å². The molecule has 37 heavy (non-hydrogen) atoms. The number of likely N-dealkylation sites (tertiary alicyclic amines) is 1. The highest BCUT2D eigenvalue weighted by molar-refractivity contribution is 5.79. The number of pyridine rings is 3. The number of hydrogen-bond acceptors (Lipinski definition) is 6. The topological polar surface area (TPSA) is 91.2 Å². The van der Waals surface area contributed by atoms with Gasteiger partial charge in [-0.25, -0.2) is 0 Å². The minimum Gasteiger partial charge on any atom is -0.378 e. The molecule has 7 nitrogen and oxygen atoms in total. The van der Waals surface area contributed by atoms with Crippen LogP contribution >= 0.6 is 0 Å². The average molecular weight is 494 g/mol. The molecule has 0 unspecified atom stereocenters. The van der Waals surface area contributed by atoms with Gasteiger partial charge in [-0.3, -0.25) is 24.6 Å². The van der Waals surface area contributed by atoms with Gasteiger partial charge >= 0.3 is 0 Å². The van der Waals surface area contributed by atoms with E-state index in [0.29, 0.717) is 11.1 Å². The number of carbonyl (C=O) groups is 1. The highest BCUT2D eigenvalue weighted by Gasteiger charge is 2.43. The van der Waals surface area contributed by atoms with Crippen LogP contribution in [0.4, 0.5) is 0 Å². The van der Waals surface area contributed by atoms with Crippen LogP contribution in [0.25, 0.3) is 0 Å². The smallest absolute Gasteiger partial charge is 0.223 e. The molecule has 0 spiro atoms. The van der Waals surface area contributed by atoms with Gasteiger partial charge in [-0.1, -0.05) is 48.5 Å². The van der Waals surface area contributed by atoms with Crippen molar-refractivity contribution >= 4 is 5.91 Å². The van der Waals surface area contributed by atoms with E-state index in [2.05, 4.69) is 31.2 Å². The molecule has 1 aromatic carbocycles. The Hall–Kier alpha value is -3.94. The zero-order valence-electron chi connectivity index (χ0n) is 20.6. The molecule has 0 aliphatic carbocycles.